The zero-order valence-electron chi connectivity index (χ0n) is 17.3. The molecule has 0 aliphatic rings. The third kappa shape index (κ3) is 4.77. The summed E-state index contributed by atoms with van der Waals surface area (Å²) < 4.78 is 19.1. The molecule has 3 aromatic rings. The molecule has 1 amide bonds. The van der Waals surface area contributed by atoms with Gasteiger partial charge in [-0.15, -0.1) is 0 Å². The number of halogens is 1. The third-order valence-corrected chi connectivity index (χ3v) is 4.67. The van der Waals surface area contributed by atoms with Gasteiger partial charge in [-0.2, -0.15) is 0 Å². The van der Waals surface area contributed by atoms with Crippen molar-refractivity contribution in [3.63, 3.8) is 0 Å². The lowest BCUT2D eigenvalue weighted by Crippen LogP contribution is -2.15. The minimum Gasteiger partial charge on any atom is -0.496 e. The topological polar surface area (TPSA) is 113 Å². The van der Waals surface area contributed by atoms with Crippen molar-refractivity contribution in [3.05, 3.63) is 65.5 Å². The zero-order chi connectivity index (χ0) is 22.4. The van der Waals surface area contributed by atoms with Crippen LogP contribution in [0, 0.1) is 18.2 Å². The van der Waals surface area contributed by atoms with E-state index in [0.29, 0.717) is 17.0 Å². The molecule has 0 saturated heterocycles. The van der Waals surface area contributed by atoms with Crippen LogP contribution in [-0.4, -0.2) is 47.4 Å². The second kappa shape index (κ2) is 9.66. The number of hydrogen-bond donors (Lipinski definition) is 2. The number of carbonyl (C=O) groups is 1. The third-order valence-electron chi connectivity index (χ3n) is 4.67. The number of aliphatic imine (C=N–C) groups is 1. The van der Waals surface area contributed by atoms with Gasteiger partial charge < -0.3 is 15.5 Å². The average molecular weight is 420 g/mol. The van der Waals surface area contributed by atoms with Crippen LogP contribution in [0.1, 0.15) is 27.4 Å². The average Bonchev–Trinajstić information content (AvgIpc) is 2.79. The Morgan fingerprint density at radius 3 is 2.71 bits per heavy atom. The van der Waals surface area contributed by atoms with Crippen molar-refractivity contribution in [1.82, 2.24) is 15.0 Å². The molecule has 8 nitrogen and oxygen atoms in total. The summed E-state index contributed by atoms with van der Waals surface area (Å²) in [6.07, 6.45) is 8.23. The molecule has 0 fully saturated rings. The Bertz CT molecular complexity index is 1130. The molecule has 158 valence electrons. The lowest BCUT2D eigenvalue weighted by Gasteiger charge is -2.13. The number of ether oxygens (including phenoxy) is 1. The molecule has 0 bridgehead atoms. The first-order valence-electron chi connectivity index (χ1n) is 9.33. The van der Waals surface area contributed by atoms with Crippen molar-refractivity contribution in [2.24, 2.45) is 4.99 Å². The number of anilines is 1. The number of benzene rings is 1. The Morgan fingerprint density at radius 2 is 2.06 bits per heavy atom. The maximum atomic E-state index is 13.6. The summed E-state index contributed by atoms with van der Waals surface area (Å²) >= 11 is 0. The normalized spacial score (nSPS) is 11.9. The number of rotatable bonds is 7. The van der Waals surface area contributed by atoms with Crippen molar-refractivity contribution in [2.45, 2.75) is 12.8 Å². The van der Waals surface area contributed by atoms with E-state index >= 15 is 0 Å². The van der Waals surface area contributed by atoms with E-state index in [2.05, 4.69) is 25.3 Å². The van der Waals surface area contributed by atoms with Crippen molar-refractivity contribution in [3.8, 4) is 17.0 Å². The molecule has 1 aromatic carbocycles. The van der Waals surface area contributed by atoms with Gasteiger partial charge in [-0.1, -0.05) is 6.07 Å². The van der Waals surface area contributed by atoms with E-state index in [1.54, 1.807) is 26.4 Å². The van der Waals surface area contributed by atoms with Crippen LogP contribution >= 0.6 is 0 Å². The van der Waals surface area contributed by atoms with Gasteiger partial charge in [-0.05, 0) is 24.6 Å². The van der Waals surface area contributed by atoms with Gasteiger partial charge in [0.2, 0.25) is 0 Å². The summed E-state index contributed by atoms with van der Waals surface area (Å²) in [7, 11) is 3.21. The second-order valence-electron chi connectivity index (χ2n) is 6.59. The molecule has 31 heavy (non-hydrogen) atoms. The Hall–Kier alpha value is -4.01. The fourth-order valence-corrected chi connectivity index (χ4v) is 2.96. The number of aromatic nitrogens is 3. The van der Waals surface area contributed by atoms with Crippen LogP contribution in [0.15, 0.2) is 48.0 Å². The Kier molecular flexibility index (Phi) is 6.76. The molecule has 1 atom stereocenters. The highest BCUT2D eigenvalue weighted by molar-refractivity contribution is 6.04. The van der Waals surface area contributed by atoms with E-state index < -0.39 is 11.7 Å². The number of methoxy groups -OCH3 is 1. The van der Waals surface area contributed by atoms with Gasteiger partial charge in [0, 0.05) is 36.8 Å². The van der Waals surface area contributed by atoms with Gasteiger partial charge in [0.05, 0.1) is 42.9 Å². The lowest BCUT2D eigenvalue weighted by atomic mass is 9.97. The fraction of sp³-hybridized carbons (Fsp3) is 0.182. The number of hydrogen-bond acceptors (Lipinski definition) is 7. The smallest absolute Gasteiger partial charge is 0.258 e. The molecular weight excluding hydrogens is 399 g/mol. The van der Waals surface area contributed by atoms with Crippen LogP contribution in [0.5, 0.6) is 5.75 Å². The highest BCUT2D eigenvalue weighted by Crippen LogP contribution is 2.31. The standard InChI is InChI=1S/C22H21FN6O2/c1-13-17(9-26-10-18(13)23)22(30)29-21-12-27-19(11-28-21)16-6-14(4-5-20(16)31-3)15(7-24)8-25-2/h4-12,15,24H,1-3H3,(H,28,29,30). The van der Waals surface area contributed by atoms with Crippen LogP contribution in [0.4, 0.5) is 10.2 Å². The Labute approximate surface area is 178 Å². The van der Waals surface area contributed by atoms with E-state index in [-0.39, 0.29) is 22.9 Å². The van der Waals surface area contributed by atoms with E-state index in [1.807, 2.05) is 12.1 Å². The maximum absolute atomic E-state index is 13.6. The quantitative estimate of drug-likeness (QED) is 0.566. The predicted molar refractivity (Wildman–Crippen MR) is 117 cm³/mol. The van der Waals surface area contributed by atoms with E-state index in [4.69, 9.17) is 10.1 Å². The van der Waals surface area contributed by atoms with Crippen molar-refractivity contribution in [1.29, 1.82) is 5.41 Å². The monoisotopic (exact) mass is 420 g/mol. The van der Waals surface area contributed by atoms with Crippen molar-refractivity contribution in [2.75, 3.05) is 19.5 Å². The summed E-state index contributed by atoms with van der Waals surface area (Å²) in [4.78, 5) is 28.8. The van der Waals surface area contributed by atoms with Gasteiger partial charge >= 0.3 is 0 Å². The largest absolute Gasteiger partial charge is 0.496 e. The molecular formula is C22H21FN6O2. The minimum absolute atomic E-state index is 0.121. The molecule has 0 aliphatic heterocycles. The first kappa shape index (κ1) is 21.7. The van der Waals surface area contributed by atoms with Gasteiger partial charge in [-0.25, -0.2) is 9.37 Å². The Balaban J connectivity index is 1.88. The van der Waals surface area contributed by atoms with E-state index in [0.717, 1.165) is 11.8 Å². The van der Waals surface area contributed by atoms with Crippen LogP contribution in [-0.2, 0) is 0 Å². The van der Waals surface area contributed by atoms with Crippen molar-refractivity contribution < 1.29 is 13.9 Å². The highest BCUT2D eigenvalue weighted by atomic mass is 19.1. The van der Waals surface area contributed by atoms with Gasteiger partial charge in [0.15, 0.2) is 5.82 Å². The Morgan fingerprint density at radius 1 is 1.26 bits per heavy atom. The van der Waals surface area contributed by atoms with Crippen LogP contribution in [0.25, 0.3) is 11.3 Å². The summed E-state index contributed by atoms with van der Waals surface area (Å²) in [6, 6.07) is 5.51. The predicted octanol–water partition coefficient (Wildman–Crippen LogP) is 3.68. The van der Waals surface area contributed by atoms with Crippen LogP contribution in [0.2, 0.25) is 0 Å². The second-order valence-corrected chi connectivity index (χ2v) is 6.59. The molecule has 0 aliphatic carbocycles. The minimum atomic E-state index is -0.558. The molecule has 3 rings (SSSR count). The number of amides is 1. The molecule has 0 spiro atoms. The van der Waals surface area contributed by atoms with Gasteiger partial charge in [-0.3, -0.25) is 19.8 Å². The zero-order valence-corrected chi connectivity index (χ0v) is 17.3. The number of nitrogens with zero attached hydrogens (tertiary/aromatic N) is 4. The SMILES string of the molecule is CN=CC(C=N)c1ccc(OC)c(-c2cnc(NC(=O)c3cncc(F)c3C)cn2)c1. The van der Waals surface area contributed by atoms with Crippen molar-refractivity contribution >= 4 is 24.2 Å². The van der Waals surface area contributed by atoms with Gasteiger partial charge in [0.25, 0.3) is 5.91 Å². The highest BCUT2D eigenvalue weighted by Gasteiger charge is 2.15. The number of nitrogens with one attached hydrogen (secondary N) is 2. The van der Waals surface area contributed by atoms with E-state index in [9.17, 15) is 9.18 Å². The lowest BCUT2D eigenvalue weighted by molar-refractivity contribution is 0.102. The van der Waals surface area contributed by atoms with E-state index in [1.165, 1.54) is 31.7 Å². The summed E-state index contributed by atoms with van der Waals surface area (Å²) in [5, 5.41) is 10.2. The molecule has 9 heteroatoms. The summed E-state index contributed by atoms with van der Waals surface area (Å²) in [5.41, 5.74) is 2.39. The van der Waals surface area contributed by atoms with Crippen LogP contribution < -0.4 is 10.1 Å². The number of carbonyl (C=O) groups excluding carboxylic acids is 1. The van der Waals surface area contributed by atoms with Crippen LogP contribution in [0.3, 0.4) is 0 Å². The molecule has 0 radical (unpaired) electrons. The first-order chi connectivity index (χ1) is 15.0. The molecule has 2 aromatic heterocycles. The maximum Gasteiger partial charge on any atom is 0.258 e. The molecule has 2 N–H and O–H groups in total. The molecule has 0 saturated carbocycles. The molecule has 1 unspecified atom stereocenters. The first-order valence-corrected chi connectivity index (χ1v) is 9.33. The fourth-order valence-electron chi connectivity index (χ4n) is 2.96. The van der Waals surface area contributed by atoms with Gasteiger partial charge in [0.1, 0.15) is 11.6 Å². The summed E-state index contributed by atoms with van der Waals surface area (Å²) in [6.45, 7) is 1.50. The number of pyridine rings is 1. The molecule has 2 heterocycles. The summed E-state index contributed by atoms with van der Waals surface area (Å²) in [5.74, 6) is -0.558.